The number of carbonyl (C=O) groups excluding carboxylic acids is 1. The van der Waals surface area contributed by atoms with Crippen molar-refractivity contribution in [3.05, 3.63) is 42.1 Å². The molecule has 9 heteroatoms. The number of carbonyl (C=O) groups is 3. The van der Waals surface area contributed by atoms with Crippen LogP contribution in [-0.4, -0.2) is 55.5 Å². The van der Waals surface area contributed by atoms with E-state index in [0.29, 0.717) is 11.1 Å². The number of nitrogens with two attached hydrogens (primary N) is 1. The molecule has 0 saturated heterocycles. The van der Waals surface area contributed by atoms with Gasteiger partial charge in [0.1, 0.15) is 0 Å². The number of para-hydroxylation sites is 1. The molecule has 23 heavy (non-hydrogen) atoms. The molecule has 1 aromatic heterocycles. The van der Waals surface area contributed by atoms with E-state index in [-0.39, 0.29) is 0 Å². The minimum Gasteiger partial charge on any atom is -0.479 e. The first-order chi connectivity index (χ1) is 10.8. The summed E-state index contributed by atoms with van der Waals surface area (Å²) in [6, 6.07) is 9.10. The van der Waals surface area contributed by atoms with E-state index in [1.807, 2.05) is 18.2 Å². The second-order valence-corrected chi connectivity index (χ2v) is 4.31. The van der Waals surface area contributed by atoms with Gasteiger partial charge in [-0.1, -0.05) is 18.2 Å². The Hall–Kier alpha value is -3.04. The van der Waals surface area contributed by atoms with E-state index in [1.54, 1.807) is 18.3 Å². The quantitative estimate of drug-likeness (QED) is 0.487. The van der Waals surface area contributed by atoms with Crippen molar-refractivity contribution in [2.24, 2.45) is 5.73 Å². The fraction of sp³-hybridized carbons (Fsp3) is 0.143. The number of hydrogen-bond acceptors (Lipinski definition) is 6. The molecule has 0 spiro atoms. The number of benzene rings is 1. The number of carboxylic acid groups (broad SMARTS) is 2. The smallest absolute Gasteiger partial charge is 0.335 e. The Morgan fingerprint density at radius 1 is 0.957 bits per heavy atom. The van der Waals surface area contributed by atoms with Crippen LogP contribution in [0, 0.1) is 0 Å². The third-order valence-corrected chi connectivity index (χ3v) is 2.70. The summed E-state index contributed by atoms with van der Waals surface area (Å²) in [4.78, 5) is 34.6. The standard InChI is InChI=1S/C10H8N2O.C4H6O6/c11-10(13)8-5-1-3-7-4-2-6-12-9(7)8;5-1(3(7)8)2(6)4(9)10/h1-6H,(H2,11,13);1-2,5-6H,(H,7,8)(H,9,10)/t;1-,2-/m.1/s1. The molecule has 2 aromatic rings. The van der Waals surface area contributed by atoms with E-state index >= 15 is 0 Å². The van der Waals surface area contributed by atoms with Gasteiger partial charge in [0.25, 0.3) is 5.91 Å². The van der Waals surface area contributed by atoms with Crippen molar-refractivity contribution in [2.45, 2.75) is 12.2 Å². The maximum Gasteiger partial charge on any atom is 0.335 e. The lowest BCUT2D eigenvalue weighted by atomic mass is 10.1. The minimum absolute atomic E-state index is 0.440. The van der Waals surface area contributed by atoms with Crippen LogP contribution in [0.25, 0.3) is 10.9 Å². The van der Waals surface area contributed by atoms with E-state index in [2.05, 4.69) is 4.98 Å². The number of aromatic nitrogens is 1. The van der Waals surface area contributed by atoms with Crippen LogP contribution in [0.1, 0.15) is 10.4 Å². The Bertz CT molecular complexity index is 709. The van der Waals surface area contributed by atoms with Crippen molar-refractivity contribution < 1.29 is 34.8 Å². The van der Waals surface area contributed by atoms with Crippen LogP contribution in [-0.2, 0) is 9.59 Å². The average Bonchev–Trinajstić information content (AvgIpc) is 2.53. The van der Waals surface area contributed by atoms with Gasteiger partial charge in [-0.15, -0.1) is 0 Å². The van der Waals surface area contributed by atoms with Crippen LogP contribution in [0.2, 0.25) is 0 Å². The van der Waals surface area contributed by atoms with Crippen molar-refractivity contribution in [3.8, 4) is 0 Å². The predicted octanol–water partition coefficient (Wildman–Crippen LogP) is -0.789. The highest BCUT2D eigenvalue weighted by atomic mass is 16.4. The maximum absolute atomic E-state index is 11.0. The topological polar surface area (TPSA) is 171 Å². The Morgan fingerprint density at radius 3 is 1.96 bits per heavy atom. The van der Waals surface area contributed by atoms with Gasteiger partial charge in [0, 0.05) is 11.6 Å². The van der Waals surface area contributed by atoms with Crippen molar-refractivity contribution in [2.75, 3.05) is 0 Å². The highest BCUT2D eigenvalue weighted by molar-refractivity contribution is 6.04. The zero-order valence-electron chi connectivity index (χ0n) is 11.7. The Labute approximate surface area is 129 Å². The van der Waals surface area contributed by atoms with Crippen molar-refractivity contribution in [3.63, 3.8) is 0 Å². The Morgan fingerprint density at radius 2 is 1.48 bits per heavy atom. The molecule has 0 radical (unpaired) electrons. The summed E-state index contributed by atoms with van der Waals surface area (Å²) in [6.45, 7) is 0. The van der Waals surface area contributed by atoms with E-state index in [1.165, 1.54) is 0 Å². The number of pyridine rings is 1. The summed E-state index contributed by atoms with van der Waals surface area (Å²) in [5.74, 6) is -3.98. The van der Waals surface area contributed by atoms with Gasteiger partial charge < -0.3 is 26.2 Å². The molecule has 0 aliphatic carbocycles. The zero-order chi connectivity index (χ0) is 17.6. The first-order valence-electron chi connectivity index (χ1n) is 6.21. The number of primary amides is 1. The van der Waals surface area contributed by atoms with Gasteiger partial charge in [0.05, 0.1) is 11.1 Å². The third-order valence-electron chi connectivity index (χ3n) is 2.70. The molecule has 2 atom stereocenters. The molecule has 0 fully saturated rings. The molecule has 0 bridgehead atoms. The van der Waals surface area contributed by atoms with Crippen molar-refractivity contribution in [1.29, 1.82) is 0 Å². The van der Waals surface area contributed by atoms with Gasteiger partial charge in [-0.2, -0.15) is 0 Å². The molecular weight excluding hydrogens is 308 g/mol. The molecule has 0 aliphatic rings. The molecule has 0 aliphatic heterocycles. The number of rotatable bonds is 4. The van der Waals surface area contributed by atoms with Crippen molar-refractivity contribution in [1.82, 2.24) is 4.98 Å². The molecule has 2 rings (SSSR count). The van der Waals surface area contributed by atoms with Crippen molar-refractivity contribution >= 4 is 28.7 Å². The molecule has 0 saturated carbocycles. The van der Waals surface area contributed by atoms with Gasteiger partial charge in [0.2, 0.25) is 0 Å². The third kappa shape index (κ3) is 4.73. The number of carboxylic acids is 2. The van der Waals surface area contributed by atoms with Crippen LogP contribution < -0.4 is 5.73 Å². The molecule has 1 aromatic carbocycles. The van der Waals surface area contributed by atoms with E-state index in [4.69, 9.17) is 26.2 Å². The number of fused-ring (bicyclic) bond motifs is 1. The normalized spacial score (nSPS) is 12.6. The molecule has 9 nitrogen and oxygen atoms in total. The largest absolute Gasteiger partial charge is 0.479 e. The molecule has 0 unspecified atom stereocenters. The average molecular weight is 322 g/mol. The monoisotopic (exact) mass is 322 g/mol. The number of hydrogen-bond donors (Lipinski definition) is 5. The van der Waals surface area contributed by atoms with Crippen LogP contribution in [0.3, 0.4) is 0 Å². The van der Waals surface area contributed by atoms with E-state index in [0.717, 1.165) is 5.39 Å². The maximum atomic E-state index is 11.0. The number of nitrogens with zero attached hydrogens (tertiary/aromatic N) is 1. The summed E-state index contributed by atoms with van der Waals surface area (Å²) < 4.78 is 0. The fourth-order valence-electron chi connectivity index (χ4n) is 1.57. The summed E-state index contributed by atoms with van der Waals surface area (Å²) in [5, 5.41) is 33.5. The highest BCUT2D eigenvalue weighted by Gasteiger charge is 2.29. The van der Waals surface area contributed by atoms with Crippen LogP contribution >= 0.6 is 0 Å². The number of aliphatic hydroxyl groups excluding tert-OH is 2. The van der Waals surface area contributed by atoms with Crippen LogP contribution in [0.15, 0.2) is 36.5 Å². The SMILES string of the molecule is NC(=O)c1cccc2cccnc12.O=C(O)[C@H](O)[C@@H](O)C(=O)O. The predicted molar refractivity (Wildman–Crippen MR) is 77.5 cm³/mol. The lowest BCUT2D eigenvalue weighted by Gasteiger charge is -2.07. The molecular formula is C14H14N2O7. The molecule has 6 N–H and O–H groups in total. The number of amides is 1. The van der Waals surface area contributed by atoms with Gasteiger partial charge in [-0.05, 0) is 12.1 Å². The summed E-state index contributed by atoms with van der Waals surface area (Å²) in [5.41, 5.74) is 6.34. The second kappa shape index (κ2) is 7.82. The van der Waals surface area contributed by atoms with E-state index < -0.39 is 30.1 Å². The Kier molecular flexibility index (Phi) is 6.13. The molecule has 122 valence electrons. The number of aliphatic hydroxyl groups is 2. The lowest BCUT2D eigenvalue weighted by Crippen LogP contribution is -2.39. The fourth-order valence-corrected chi connectivity index (χ4v) is 1.57. The van der Waals surface area contributed by atoms with Crippen LogP contribution in [0.5, 0.6) is 0 Å². The van der Waals surface area contributed by atoms with Gasteiger partial charge in [0.15, 0.2) is 12.2 Å². The summed E-state index contributed by atoms with van der Waals surface area (Å²) >= 11 is 0. The lowest BCUT2D eigenvalue weighted by molar-refractivity contribution is -0.165. The Balaban J connectivity index is 0.000000241. The van der Waals surface area contributed by atoms with Gasteiger partial charge in [-0.25, -0.2) is 9.59 Å². The zero-order valence-corrected chi connectivity index (χ0v) is 11.7. The summed E-state index contributed by atoms with van der Waals surface area (Å²) in [6.07, 6.45) is -2.88. The first-order valence-corrected chi connectivity index (χ1v) is 6.21. The number of aliphatic carboxylic acids is 2. The van der Waals surface area contributed by atoms with Gasteiger partial charge >= 0.3 is 11.9 Å². The second-order valence-electron chi connectivity index (χ2n) is 4.31. The van der Waals surface area contributed by atoms with Gasteiger partial charge in [-0.3, -0.25) is 9.78 Å². The first kappa shape index (κ1) is 18.0. The van der Waals surface area contributed by atoms with E-state index in [9.17, 15) is 14.4 Å². The molecule has 1 heterocycles. The highest BCUT2D eigenvalue weighted by Crippen LogP contribution is 2.14. The minimum atomic E-state index is -2.27. The summed E-state index contributed by atoms with van der Waals surface area (Å²) in [7, 11) is 0. The molecule has 1 amide bonds. The van der Waals surface area contributed by atoms with Crippen LogP contribution in [0.4, 0.5) is 0 Å².